The molecular formula is C7H9N. The largest absolute Gasteiger partial charge is 0.305 e. The van der Waals surface area contributed by atoms with Crippen LogP contribution in [0.4, 0.5) is 0 Å². The zero-order valence-electron chi connectivity index (χ0n) is 4.94. The highest BCUT2D eigenvalue weighted by Gasteiger charge is 1.93. The maximum Gasteiger partial charge on any atom is 0.0354 e. The molecule has 0 fully saturated rings. The average Bonchev–Trinajstić information content (AvgIpc) is 1.64. The lowest BCUT2D eigenvalue weighted by molar-refractivity contribution is 1.33. The van der Waals surface area contributed by atoms with E-state index in [1.165, 1.54) is 5.57 Å². The van der Waals surface area contributed by atoms with Crippen LogP contribution in [0.15, 0.2) is 23.8 Å². The molecule has 1 aliphatic carbocycles. The summed E-state index contributed by atoms with van der Waals surface area (Å²) in [6.07, 6.45) is 6.74. The number of hydrogen-bond donors (Lipinski definition) is 1. The van der Waals surface area contributed by atoms with Gasteiger partial charge in [-0.15, -0.1) is 0 Å². The Morgan fingerprint density at radius 2 is 2.38 bits per heavy atom. The first-order chi connectivity index (χ1) is 3.79. The summed E-state index contributed by atoms with van der Waals surface area (Å²) in [7, 11) is 0. The molecule has 0 unspecified atom stereocenters. The maximum atomic E-state index is 7.19. The summed E-state index contributed by atoms with van der Waals surface area (Å²) in [5, 5.41) is 7.19. The Morgan fingerprint density at radius 1 is 1.62 bits per heavy atom. The van der Waals surface area contributed by atoms with Gasteiger partial charge in [0.15, 0.2) is 0 Å². The van der Waals surface area contributed by atoms with Gasteiger partial charge in [-0.25, -0.2) is 0 Å². The first-order valence-corrected chi connectivity index (χ1v) is 2.71. The molecule has 0 aromatic carbocycles. The fourth-order valence-corrected chi connectivity index (χ4v) is 0.754. The molecule has 1 aliphatic rings. The van der Waals surface area contributed by atoms with Gasteiger partial charge in [-0.05, 0) is 18.6 Å². The third-order valence-corrected chi connectivity index (χ3v) is 1.12. The highest BCUT2D eigenvalue weighted by Crippen LogP contribution is 2.04. The number of allylic oxidation sites excluding steroid dienone is 4. The van der Waals surface area contributed by atoms with Crippen molar-refractivity contribution in [3.63, 3.8) is 0 Å². The predicted octanol–water partition coefficient (Wildman–Crippen LogP) is 1.91. The minimum Gasteiger partial charge on any atom is -0.305 e. The Balaban J connectivity index is 2.77. The molecule has 0 amide bonds. The van der Waals surface area contributed by atoms with Crippen molar-refractivity contribution in [3.8, 4) is 0 Å². The summed E-state index contributed by atoms with van der Waals surface area (Å²) >= 11 is 0. The predicted molar refractivity (Wildman–Crippen MR) is 35.2 cm³/mol. The van der Waals surface area contributed by atoms with Gasteiger partial charge in [0.2, 0.25) is 0 Å². The van der Waals surface area contributed by atoms with E-state index >= 15 is 0 Å². The third-order valence-electron chi connectivity index (χ3n) is 1.12. The second kappa shape index (κ2) is 1.95. The van der Waals surface area contributed by atoms with Crippen molar-refractivity contribution in [1.29, 1.82) is 5.41 Å². The van der Waals surface area contributed by atoms with Crippen molar-refractivity contribution in [1.82, 2.24) is 0 Å². The van der Waals surface area contributed by atoms with E-state index in [4.69, 9.17) is 5.41 Å². The van der Waals surface area contributed by atoms with Crippen molar-refractivity contribution in [2.24, 2.45) is 0 Å². The van der Waals surface area contributed by atoms with E-state index < -0.39 is 0 Å². The monoisotopic (exact) mass is 107 g/mol. The van der Waals surface area contributed by atoms with Gasteiger partial charge in [0.05, 0.1) is 0 Å². The summed E-state index contributed by atoms with van der Waals surface area (Å²) in [6.45, 7) is 2.00. The SMILES string of the molecule is CC1=CC(=N)CC=C1. The van der Waals surface area contributed by atoms with E-state index in [0.29, 0.717) is 5.71 Å². The highest BCUT2D eigenvalue weighted by molar-refractivity contribution is 5.95. The molecule has 0 saturated carbocycles. The van der Waals surface area contributed by atoms with Crippen LogP contribution in [0, 0.1) is 5.41 Å². The van der Waals surface area contributed by atoms with Crippen molar-refractivity contribution in [2.45, 2.75) is 13.3 Å². The van der Waals surface area contributed by atoms with E-state index in [9.17, 15) is 0 Å². The first kappa shape index (κ1) is 5.29. The van der Waals surface area contributed by atoms with Crippen molar-refractivity contribution in [3.05, 3.63) is 23.8 Å². The van der Waals surface area contributed by atoms with Gasteiger partial charge < -0.3 is 5.41 Å². The van der Waals surface area contributed by atoms with Gasteiger partial charge >= 0.3 is 0 Å². The van der Waals surface area contributed by atoms with E-state index in [1.54, 1.807) is 0 Å². The zero-order chi connectivity index (χ0) is 5.98. The molecule has 1 nitrogen and oxygen atoms in total. The summed E-state index contributed by atoms with van der Waals surface area (Å²) in [5.41, 5.74) is 1.89. The summed E-state index contributed by atoms with van der Waals surface area (Å²) in [5.74, 6) is 0. The van der Waals surface area contributed by atoms with Crippen molar-refractivity contribution < 1.29 is 0 Å². The molecule has 42 valence electrons. The van der Waals surface area contributed by atoms with Crippen molar-refractivity contribution in [2.75, 3.05) is 0 Å². The van der Waals surface area contributed by atoms with E-state index in [0.717, 1.165) is 6.42 Å². The molecule has 1 heteroatoms. The Bertz CT molecular complexity index is 163. The van der Waals surface area contributed by atoms with Gasteiger partial charge in [-0.2, -0.15) is 0 Å². The standard InChI is InChI=1S/C7H9N/c1-6-3-2-4-7(8)5-6/h2-3,5,8H,4H2,1H3. The van der Waals surface area contributed by atoms with Gasteiger partial charge in [-0.3, -0.25) is 0 Å². The van der Waals surface area contributed by atoms with Crippen LogP contribution in [0.25, 0.3) is 0 Å². The second-order valence-corrected chi connectivity index (χ2v) is 2.02. The number of rotatable bonds is 0. The van der Waals surface area contributed by atoms with Gasteiger partial charge in [0, 0.05) is 12.1 Å². The third kappa shape index (κ3) is 1.06. The number of hydrogen-bond acceptors (Lipinski definition) is 1. The van der Waals surface area contributed by atoms with Crippen LogP contribution in [0.5, 0.6) is 0 Å². The Hall–Kier alpha value is -0.850. The molecule has 0 bridgehead atoms. The minimum absolute atomic E-state index is 0.713. The maximum absolute atomic E-state index is 7.19. The lowest BCUT2D eigenvalue weighted by atomic mass is 10.1. The topological polar surface area (TPSA) is 23.9 Å². The second-order valence-electron chi connectivity index (χ2n) is 2.02. The van der Waals surface area contributed by atoms with E-state index in [2.05, 4.69) is 0 Å². The van der Waals surface area contributed by atoms with Crippen molar-refractivity contribution >= 4 is 5.71 Å². The molecule has 0 radical (unpaired) electrons. The fraction of sp³-hybridized carbons (Fsp3) is 0.286. The summed E-state index contributed by atoms with van der Waals surface area (Å²) < 4.78 is 0. The fourth-order valence-electron chi connectivity index (χ4n) is 0.754. The Kier molecular flexibility index (Phi) is 1.29. The molecule has 0 atom stereocenters. The normalized spacial score (nSPS) is 18.6. The summed E-state index contributed by atoms with van der Waals surface area (Å²) in [6, 6.07) is 0. The first-order valence-electron chi connectivity index (χ1n) is 2.71. The van der Waals surface area contributed by atoms with Gasteiger partial charge in [0.1, 0.15) is 0 Å². The molecule has 0 heterocycles. The van der Waals surface area contributed by atoms with Crippen LogP contribution < -0.4 is 0 Å². The van der Waals surface area contributed by atoms with Gasteiger partial charge in [-0.1, -0.05) is 12.2 Å². The van der Waals surface area contributed by atoms with Crippen LogP contribution in [0.2, 0.25) is 0 Å². The molecule has 0 aromatic heterocycles. The lowest BCUT2D eigenvalue weighted by Crippen LogP contribution is -1.93. The highest BCUT2D eigenvalue weighted by atomic mass is 14.4. The Morgan fingerprint density at radius 3 is 2.75 bits per heavy atom. The minimum atomic E-state index is 0.713. The summed E-state index contributed by atoms with van der Waals surface area (Å²) in [4.78, 5) is 0. The molecule has 8 heavy (non-hydrogen) atoms. The van der Waals surface area contributed by atoms with E-state index in [-0.39, 0.29) is 0 Å². The smallest absolute Gasteiger partial charge is 0.0354 e. The molecular weight excluding hydrogens is 98.1 g/mol. The molecule has 1 rings (SSSR count). The van der Waals surface area contributed by atoms with Crippen LogP contribution in [-0.4, -0.2) is 5.71 Å². The molecule has 0 spiro atoms. The number of nitrogens with one attached hydrogen (secondary N) is 1. The quantitative estimate of drug-likeness (QED) is 0.489. The van der Waals surface area contributed by atoms with Crippen LogP contribution in [-0.2, 0) is 0 Å². The Labute approximate surface area is 49.2 Å². The molecule has 1 N–H and O–H groups in total. The molecule has 0 saturated heterocycles. The average molecular weight is 107 g/mol. The molecule has 0 aromatic rings. The lowest BCUT2D eigenvalue weighted by Gasteiger charge is -1.99. The molecule has 0 aliphatic heterocycles. The van der Waals surface area contributed by atoms with Gasteiger partial charge in [0.25, 0.3) is 0 Å². The van der Waals surface area contributed by atoms with Crippen LogP contribution >= 0.6 is 0 Å². The zero-order valence-corrected chi connectivity index (χ0v) is 4.94. The van der Waals surface area contributed by atoms with Crippen LogP contribution in [0.3, 0.4) is 0 Å². The van der Waals surface area contributed by atoms with E-state index in [1.807, 2.05) is 25.2 Å². The van der Waals surface area contributed by atoms with Crippen LogP contribution in [0.1, 0.15) is 13.3 Å².